The van der Waals surface area contributed by atoms with E-state index in [4.69, 9.17) is 21.1 Å². The van der Waals surface area contributed by atoms with Crippen LogP contribution in [0.1, 0.15) is 22.3 Å². The fourth-order valence-electron chi connectivity index (χ4n) is 3.03. The molecular formula is C23H27ClN4O2. The first-order chi connectivity index (χ1) is 14.4. The molecule has 0 aliphatic carbocycles. The lowest BCUT2D eigenvalue weighted by atomic mass is 9.98. The van der Waals surface area contributed by atoms with Crippen LogP contribution in [0.3, 0.4) is 0 Å². The number of nitrogens with zero attached hydrogens (tertiary/aromatic N) is 1. The summed E-state index contributed by atoms with van der Waals surface area (Å²) in [7, 11) is 1.91. The fourth-order valence-corrected chi connectivity index (χ4v) is 3.15. The third kappa shape index (κ3) is 5.95. The van der Waals surface area contributed by atoms with Crippen molar-refractivity contribution < 1.29 is 9.53 Å². The lowest BCUT2D eigenvalue weighted by molar-refractivity contribution is -0.109. The van der Waals surface area contributed by atoms with Crippen LogP contribution in [0.15, 0.2) is 48.7 Å². The molecule has 0 saturated carbocycles. The number of ether oxygens (including phenoxy) is 1. The molecule has 7 heteroatoms. The first-order valence-electron chi connectivity index (χ1n) is 9.43. The van der Waals surface area contributed by atoms with Gasteiger partial charge in [0.15, 0.2) is 0 Å². The van der Waals surface area contributed by atoms with Crippen LogP contribution in [0.2, 0.25) is 5.02 Å². The minimum absolute atomic E-state index is 0.403. The van der Waals surface area contributed by atoms with Gasteiger partial charge in [0.25, 0.3) is 0 Å². The van der Waals surface area contributed by atoms with Gasteiger partial charge in [-0.25, -0.2) is 5.84 Å². The van der Waals surface area contributed by atoms with Gasteiger partial charge in [0.05, 0.1) is 16.4 Å². The number of para-hydroxylation sites is 1. The summed E-state index contributed by atoms with van der Waals surface area (Å²) in [5.41, 5.74) is 9.44. The van der Waals surface area contributed by atoms with E-state index >= 15 is 0 Å². The SMILES string of the molecule is CNc1cccc(C)c1OCc1cc(C)c(-c2ccc(Cl)cn2)cc1C.NNC=O. The Bertz CT molecular complexity index is 991. The Kier molecular flexibility index (Phi) is 8.65. The second-order valence-electron chi connectivity index (χ2n) is 6.73. The normalized spacial score (nSPS) is 9.93. The lowest BCUT2D eigenvalue weighted by Gasteiger charge is -2.16. The topological polar surface area (TPSA) is 89.3 Å². The molecule has 0 radical (unpaired) electrons. The second kappa shape index (κ2) is 11.2. The lowest BCUT2D eigenvalue weighted by Crippen LogP contribution is -2.18. The quantitative estimate of drug-likeness (QED) is 0.233. The number of anilines is 1. The predicted molar refractivity (Wildman–Crippen MR) is 123 cm³/mol. The summed E-state index contributed by atoms with van der Waals surface area (Å²) in [6.45, 7) is 6.79. The summed E-state index contributed by atoms with van der Waals surface area (Å²) in [5.74, 6) is 5.31. The number of hydrogen-bond donors (Lipinski definition) is 3. The minimum Gasteiger partial charge on any atom is -0.486 e. The maximum Gasteiger partial charge on any atom is 0.221 e. The van der Waals surface area contributed by atoms with Crippen LogP contribution in [0.5, 0.6) is 5.75 Å². The van der Waals surface area contributed by atoms with Crippen molar-refractivity contribution in [3.8, 4) is 17.0 Å². The van der Waals surface area contributed by atoms with Crippen LogP contribution < -0.4 is 21.3 Å². The molecule has 0 bridgehead atoms. The molecule has 0 saturated heterocycles. The molecule has 3 aromatic rings. The number of hydrogen-bond acceptors (Lipinski definition) is 5. The Hall–Kier alpha value is -3.09. The van der Waals surface area contributed by atoms with E-state index in [1.54, 1.807) is 11.6 Å². The molecule has 0 atom stereocenters. The van der Waals surface area contributed by atoms with Crippen LogP contribution in [0, 0.1) is 20.8 Å². The first kappa shape index (κ1) is 23.2. The average molecular weight is 427 g/mol. The third-order valence-electron chi connectivity index (χ3n) is 4.61. The van der Waals surface area contributed by atoms with E-state index in [0.29, 0.717) is 18.0 Å². The molecule has 0 unspecified atom stereocenters. The van der Waals surface area contributed by atoms with Crippen LogP contribution >= 0.6 is 11.6 Å². The highest BCUT2D eigenvalue weighted by Gasteiger charge is 2.11. The van der Waals surface area contributed by atoms with Crippen molar-refractivity contribution in [3.05, 3.63) is 75.9 Å². The number of aryl methyl sites for hydroxylation is 3. The summed E-state index contributed by atoms with van der Waals surface area (Å²) in [4.78, 5) is 13.4. The van der Waals surface area contributed by atoms with Gasteiger partial charge in [-0.1, -0.05) is 29.8 Å². The molecule has 0 aliphatic rings. The number of rotatable bonds is 6. The van der Waals surface area contributed by atoms with Crippen molar-refractivity contribution in [2.45, 2.75) is 27.4 Å². The molecule has 1 amide bonds. The first-order valence-corrected chi connectivity index (χ1v) is 9.81. The highest BCUT2D eigenvalue weighted by Crippen LogP contribution is 2.30. The van der Waals surface area contributed by atoms with E-state index in [9.17, 15) is 0 Å². The molecule has 0 aliphatic heterocycles. The van der Waals surface area contributed by atoms with E-state index in [1.807, 2.05) is 31.3 Å². The number of pyridine rings is 1. The van der Waals surface area contributed by atoms with E-state index in [0.717, 1.165) is 28.3 Å². The van der Waals surface area contributed by atoms with Gasteiger partial charge in [-0.3, -0.25) is 15.2 Å². The van der Waals surface area contributed by atoms with Gasteiger partial charge in [-0.05, 0) is 67.3 Å². The van der Waals surface area contributed by atoms with Crippen LogP contribution in [-0.2, 0) is 11.4 Å². The maximum absolute atomic E-state index is 8.94. The van der Waals surface area contributed by atoms with E-state index < -0.39 is 0 Å². The number of halogens is 1. The van der Waals surface area contributed by atoms with Crippen molar-refractivity contribution in [1.82, 2.24) is 10.4 Å². The van der Waals surface area contributed by atoms with Crippen LogP contribution in [-0.4, -0.2) is 18.4 Å². The highest BCUT2D eigenvalue weighted by molar-refractivity contribution is 6.30. The molecule has 3 rings (SSSR count). The smallest absolute Gasteiger partial charge is 0.221 e. The minimum atomic E-state index is 0.403. The molecule has 2 aromatic carbocycles. The zero-order valence-electron chi connectivity index (χ0n) is 17.6. The molecule has 158 valence electrons. The zero-order valence-corrected chi connectivity index (χ0v) is 18.4. The van der Waals surface area contributed by atoms with Crippen LogP contribution in [0.4, 0.5) is 5.69 Å². The van der Waals surface area contributed by atoms with Gasteiger partial charge in [0.2, 0.25) is 6.41 Å². The molecule has 1 heterocycles. The number of benzene rings is 2. The highest BCUT2D eigenvalue weighted by atomic mass is 35.5. The molecular weight excluding hydrogens is 400 g/mol. The molecule has 6 nitrogen and oxygen atoms in total. The van der Waals surface area contributed by atoms with Gasteiger partial charge in [0, 0.05) is 18.8 Å². The summed E-state index contributed by atoms with van der Waals surface area (Å²) >= 11 is 5.95. The van der Waals surface area contributed by atoms with E-state index in [2.05, 4.69) is 55.1 Å². The summed E-state index contributed by atoms with van der Waals surface area (Å²) in [6.07, 6.45) is 2.08. The second-order valence-corrected chi connectivity index (χ2v) is 7.17. The van der Waals surface area contributed by atoms with E-state index in [-0.39, 0.29) is 0 Å². The van der Waals surface area contributed by atoms with Gasteiger partial charge in [0.1, 0.15) is 12.4 Å². The Labute approximate surface area is 182 Å². The van der Waals surface area contributed by atoms with Gasteiger partial charge in [-0.2, -0.15) is 0 Å². The van der Waals surface area contributed by atoms with Crippen molar-refractivity contribution in [3.63, 3.8) is 0 Å². The standard InChI is InChI=1S/C22H23ClN2O.CH4N2O/c1-14-6-5-7-21(24-4)22(14)26-13-17-10-16(3)19(11-15(17)2)20-9-8-18(23)12-25-20;2-3-1-4/h5-12,24H,13H2,1-4H3;1H,2H2,(H,3,4). The number of aromatic nitrogens is 1. The van der Waals surface area contributed by atoms with Crippen LogP contribution in [0.25, 0.3) is 11.3 Å². The summed E-state index contributed by atoms with van der Waals surface area (Å²) in [5, 5.41) is 3.83. The van der Waals surface area contributed by atoms with Crippen molar-refractivity contribution >= 4 is 23.7 Å². The van der Waals surface area contributed by atoms with Crippen molar-refractivity contribution in [2.75, 3.05) is 12.4 Å². The largest absolute Gasteiger partial charge is 0.486 e. The number of carbonyl (C=O) groups excluding carboxylic acids is 1. The number of nitrogens with one attached hydrogen (secondary N) is 2. The molecule has 1 aromatic heterocycles. The van der Waals surface area contributed by atoms with Gasteiger partial charge < -0.3 is 10.1 Å². The number of amides is 1. The number of carbonyl (C=O) groups is 1. The van der Waals surface area contributed by atoms with E-state index in [1.165, 1.54) is 16.7 Å². The van der Waals surface area contributed by atoms with Crippen molar-refractivity contribution in [2.24, 2.45) is 5.84 Å². The van der Waals surface area contributed by atoms with Gasteiger partial charge >= 0.3 is 0 Å². The molecule has 0 fully saturated rings. The molecule has 30 heavy (non-hydrogen) atoms. The predicted octanol–water partition coefficient (Wildman–Crippen LogP) is 4.55. The van der Waals surface area contributed by atoms with Gasteiger partial charge in [-0.15, -0.1) is 0 Å². The summed E-state index contributed by atoms with van der Waals surface area (Å²) in [6, 6.07) is 14.3. The number of nitrogens with two attached hydrogens (primary N) is 1. The third-order valence-corrected chi connectivity index (χ3v) is 4.83. The number of hydrazine groups is 1. The molecule has 4 N–H and O–H groups in total. The Morgan fingerprint density at radius 3 is 2.43 bits per heavy atom. The summed E-state index contributed by atoms with van der Waals surface area (Å²) < 4.78 is 6.15. The molecule has 0 spiro atoms. The monoisotopic (exact) mass is 426 g/mol. The Morgan fingerprint density at radius 1 is 1.10 bits per heavy atom. The fraction of sp³-hybridized carbons (Fsp3) is 0.217. The maximum atomic E-state index is 8.94. The Balaban J connectivity index is 0.000000735. The zero-order chi connectivity index (χ0) is 22.1. The Morgan fingerprint density at radius 2 is 1.83 bits per heavy atom. The van der Waals surface area contributed by atoms with Crippen molar-refractivity contribution in [1.29, 1.82) is 0 Å². The average Bonchev–Trinajstić information content (AvgIpc) is 2.75.